The number of nitrogens with zero attached hydrogens (tertiary/aromatic N) is 3. The van der Waals surface area contributed by atoms with E-state index in [-0.39, 0.29) is 5.91 Å². The molecule has 1 aromatic carbocycles. The van der Waals surface area contributed by atoms with Crippen LogP contribution < -0.4 is 9.47 Å². The minimum absolute atomic E-state index is 0.104. The van der Waals surface area contributed by atoms with Gasteiger partial charge >= 0.3 is 0 Å². The Hall–Kier alpha value is -3.35. The number of rotatable bonds is 4. The molecule has 7 heteroatoms. The number of aromatic nitrogens is 2. The van der Waals surface area contributed by atoms with Gasteiger partial charge in [-0.2, -0.15) is 0 Å². The molecule has 1 atom stereocenters. The van der Waals surface area contributed by atoms with Crippen LogP contribution in [0.1, 0.15) is 39.0 Å². The van der Waals surface area contributed by atoms with Gasteiger partial charge in [0.05, 0.1) is 25.5 Å². The lowest BCUT2D eigenvalue weighted by molar-refractivity contribution is 0.0668. The minimum atomic E-state index is -0.405. The molecule has 0 N–H and O–H groups in total. The average molecular weight is 379 g/mol. The number of carbonyl (C=O) groups excluding carboxylic acids is 1. The second kappa shape index (κ2) is 7.34. The van der Waals surface area contributed by atoms with Gasteiger partial charge in [0.25, 0.3) is 5.91 Å². The monoisotopic (exact) mass is 379 g/mol. The zero-order valence-electron chi connectivity index (χ0n) is 16.0. The molecule has 0 radical (unpaired) electrons. The Balaban J connectivity index is 1.84. The van der Waals surface area contributed by atoms with E-state index < -0.39 is 6.04 Å². The van der Waals surface area contributed by atoms with Crippen molar-refractivity contribution in [1.29, 1.82) is 0 Å². The molecule has 0 fully saturated rings. The number of fused-ring (bicyclic) bond motifs is 1. The van der Waals surface area contributed by atoms with E-state index in [2.05, 4.69) is 10.1 Å². The Labute approximate surface area is 162 Å². The first-order valence-electron chi connectivity index (χ1n) is 9.01. The minimum Gasteiger partial charge on any atom is -0.493 e. The maximum atomic E-state index is 13.2. The number of carbonyl (C=O) groups is 1. The summed E-state index contributed by atoms with van der Waals surface area (Å²) in [5.74, 6) is 1.79. The largest absolute Gasteiger partial charge is 0.493 e. The molecule has 144 valence electrons. The number of benzene rings is 1. The summed E-state index contributed by atoms with van der Waals surface area (Å²) in [6, 6.07) is 8.86. The number of amides is 1. The topological polar surface area (TPSA) is 77.7 Å². The van der Waals surface area contributed by atoms with Crippen LogP contribution in [0.4, 0.5) is 0 Å². The van der Waals surface area contributed by atoms with Crippen LogP contribution in [0, 0.1) is 6.92 Å². The van der Waals surface area contributed by atoms with Crippen LogP contribution >= 0.6 is 0 Å². The Morgan fingerprint density at radius 1 is 1.21 bits per heavy atom. The smallest absolute Gasteiger partial charge is 0.256 e. The van der Waals surface area contributed by atoms with Gasteiger partial charge in [0.15, 0.2) is 17.3 Å². The van der Waals surface area contributed by atoms with Gasteiger partial charge in [0.1, 0.15) is 6.04 Å². The first-order chi connectivity index (χ1) is 13.6. The molecule has 1 unspecified atom stereocenters. The van der Waals surface area contributed by atoms with E-state index in [4.69, 9.17) is 14.0 Å². The summed E-state index contributed by atoms with van der Waals surface area (Å²) < 4.78 is 16.5. The van der Waals surface area contributed by atoms with Crippen LogP contribution in [0.3, 0.4) is 0 Å². The molecule has 1 aliphatic heterocycles. The first kappa shape index (κ1) is 18.0. The molecule has 0 saturated carbocycles. The van der Waals surface area contributed by atoms with Gasteiger partial charge in [-0.3, -0.25) is 9.78 Å². The second-order valence-corrected chi connectivity index (χ2v) is 6.67. The molecule has 3 heterocycles. The molecule has 0 spiro atoms. The van der Waals surface area contributed by atoms with Crippen molar-refractivity contribution in [2.75, 3.05) is 20.8 Å². The number of hydrogen-bond donors (Lipinski definition) is 0. The third-order valence-electron chi connectivity index (χ3n) is 4.96. The summed E-state index contributed by atoms with van der Waals surface area (Å²) in [4.78, 5) is 19.1. The maximum Gasteiger partial charge on any atom is 0.256 e. The second-order valence-electron chi connectivity index (χ2n) is 6.67. The third kappa shape index (κ3) is 3.09. The van der Waals surface area contributed by atoms with Gasteiger partial charge in [-0.15, -0.1) is 0 Å². The van der Waals surface area contributed by atoms with E-state index in [9.17, 15) is 4.79 Å². The number of methoxy groups -OCH3 is 2. The Kier molecular flexibility index (Phi) is 4.73. The van der Waals surface area contributed by atoms with E-state index in [1.165, 1.54) is 0 Å². The van der Waals surface area contributed by atoms with Crippen molar-refractivity contribution >= 4 is 5.91 Å². The van der Waals surface area contributed by atoms with Crippen molar-refractivity contribution in [3.05, 3.63) is 70.9 Å². The van der Waals surface area contributed by atoms with Crippen LogP contribution in [0.15, 0.2) is 47.2 Å². The van der Waals surface area contributed by atoms with E-state index in [1.807, 2.05) is 25.1 Å². The van der Waals surface area contributed by atoms with E-state index in [0.717, 1.165) is 16.8 Å². The lowest BCUT2D eigenvalue weighted by atomic mass is 9.89. The summed E-state index contributed by atoms with van der Waals surface area (Å²) in [6.45, 7) is 2.40. The van der Waals surface area contributed by atoms with E-state index in [1.54, 1.807) is 43.6 Å². The molecule has 7 nitrogen and oxygen atoms in total. The molecule has 0 saturated heterocycles. The normalized spacial score (nSPS) is 15.8. The van der Waals surface area contributed by atoms with Crippen LogP contribution in [0.25, 0.3) is 0 Å². The lowest BCUT2D eigenvalue weighted by Gasteiger charge is -2.36. The van der Waals surface area contributed by atoms with Crippen LogP contribution in [-0.4, -0.2) is 41.7 Å². The predicted octanol–water partition coefficient (Wildman–Crippen LogP) is 3.18. The van der Waals surface area contributed by atoms with Gasteiger partial charge in [0, 0.05) is 25.0 Å². The summed E-state index contributed by atoms with van der Waals surface area (Å²) >= 11 is 0. The van der Waals surface area contributed by atoms with Crippen molar-refractivity contribution in [3.63, 3.8) is 0 Å². The zero-order valence-corrected chi connectivity index (χ0v) is 16.0. The number of aryl methyl sites for hydroxylation is 1. The van der Waals surface area contributed by atoms with Gasteiger partial charge in [-0.25, -0.2) is 0 Å². The summed E-state index contributed by atoms with van der Waals surface area (Å²) in [5, 5.41) is 4.03. The SMILES string of the molecule is COc1cc2c(cc1OC)C(c1cc(C)no1)N(C(=O)c1cccnc1)CC2. The summed E-state index contributed by atoms with van der Waals surface area (Å²) in [5.41, 5.74) is 3.33. The van der Waals surface area contributed by atoms with Crippen molar-refractivity contribution in [3.8, 4) is 11.5 Å². The zero-order chi connectivity index (χ0) is 19.7. The highest BCUT2D eigenvalue weighted by Gasteiger charge is 2.36. The Morgan fingerprint density at radius 2 is 2.00 bits per heavy atom. The Bertz CT molecular complexity index is 1000. The lowest BCUT2D eigenvalue weighted by Crippen LogP contribution is -2.40. The fourth-order valence-corrected chi connectivity index (χ4v) is 3.64. The van der Waals surface area contributed by atoms with Crippen molar-refractivity contribution in [1.82, 2.24) is 15.0 Å². The highest BCUT2D eigenvalue weighted by Crippen LogP contribution is 2.41. The van der Waals surface area contributed by atoms with E-state index in [0.29, 0.717) is 35.8 Å². The molecule has 4 rings (SSSR count). The standard InChI is InChI=1S/C21H21N3O4/c1-13-9-19(28-23-13)20-16-11-18(27-3)17(26-2)10-14(16)6-8-24(20)21(25)15-5-4-7-22-12-15/h4-5,7,9-12,20H,6,8H2,1-3H3. The van der Waals surface area contributed by atoms with Crippen LogP contribution in [0.5, 0.6) is 11.5 Å². The average Bonchev–Trinajstić information content (AvgIpc) is 3.17. The van der Waals surface area contributed by atoms with Crippen molar-refractivity contribution < 1.29 is 18.8 Å². The molecule has 28 heavy (non-hydrogen) atoms. The molecule has 2 aromatic heterocycles. The van der Waals surface area contributed by atoms with Gasteiger partial charge < -0.3 is 18.9 Å². The summed E-state index contributed by atoms with van der Waals surface area (Å²) in [6.07, 6.45) is 3.93. The van der Waals surface area contributed by atoms with Crippen LogP contribution in [0.2, 0.25) is 0 Å². The predicted molar refractivity (Wildman–Crippen MR) is 102 cm³/mol. The molecule has 3 aromatic rings. The molecule has 1 amide bonds. The number of ether oxygens (including phenoxy) is 2. The van der Waals surface area contributed by atoms with Crippen molar-refractivity contribution in [2.45, 2.75) is 19.4 Å². The van der Waals surface area contributed by atoms with E-state index >= 15 is 0 Å². The maximum absolute atomic E-state index is 13.2. The molecule has 1 aliphatic rings. The first-order valence-corrected chi connectivity index (χ1v) is 9.01. The molecule has 0 bridgehead atoms. The fraction of sp³-hybridized carbons (Fsp3) is 0.286. The highest BCUT2D eigenvalue weighted by molar-refractivity contribution is 5.94. The van der Waals surface area contributed by atoms with Gasteiger partial charge in [0.2, 0.25) is 0 Å². The van der Waals surface area contributed by atoms with Crippen LogP contribution in [-0.2, 0) is 6.42 Å². The molecular weight excluding hydrogens is 358 g/mol. The number of hydrogen-bond acceptors (Lipinski definition) is 6. The third-order valence-corrected chi connectivity index (χ3v) is 4.96. The molecular formula is C21H21N3O4. The fourth-order valence-electron chi connectivity index (χ4n) is 3.64. The van der Waals surface area contributed by atoms with Gasteiger partial charge in [-0.05, 0) is 48.7 Å². The highest BCUT2D eigenvalue weighted by atomic mass is 16.5. The van der Waals surface area contributed by atoms with Gasteiger partial charge in [-0.1, -0.05) is 5.16 Å². The quantitative estimate of drug-likeness (QED) is 0.693. The number of pyridine rings is 1. The Morgan fingerprint density at radius 3 is 2.64 bits per heavy atom. The summed E-state index contributed by atoms with van der Waals surface area (Å²) in [7, 11) is 3.21. The van der Waals surface area contributed by atoms with Crippen molar-refractivity contribution in [2.24, 2.45) is 0 Å². The molecule has 0 aliphatic carbocycles.